The number of aliphatic hydroxyl groups excluding tert-OH is 1. The number of piperidine rings is 1. The lowest BCUT2D eigenvalue weighted by molar-refractivity contribution is -0.244. The minimum atomic E-state index is -1.17. The Hall–Kier alpha value is -1.96. The number of carbonyl (C=O) groups excluding carboxylic acids is 2. The van der Waals surface area contributed by atoms with Gasteiger partial charge in [0.2, 0.25) is 5.91 Å². The number of likely N-dealkylation sites (tertiary alicyclic amines) is 1. The standard InChI is InChI=1S/C24H34N2O5/c1-16-7-8-18(15-19(16)25-20(27)17-5-3-4-6-17)21(28)26-12-9-24(10-13-26)22(29)23(2,30)11-14-31-24/h7-8,15,17,22,29-30H,3-6,9-14H2,1-2H3,(H,25,27)/t22-,23+/m0/s1. The molecule has 1 aromatic rings. The van der Waals surface area contributed by atoms with Gasteiger partial charge in [0.05, 0.1) is 12.2 Å². The molecule has 0 bridgehead atoms. The van der Waals surface area contributed by atoms with E-state index in [2.05, 4.69) is 5.32 Å². The fourth-order valence-electron chi connectivity index (χ4n) is 5.24. The number of carbonyl (C=O) groups is 2. The Bertz CT molecular complexity index is 838. The summed E-state index contributed by atoms with van der Waals surface area (Å²) in [5.74, 6) is 0.0139. The quantitative estimate of drug-likeness (QED) is 0.685. The van der Waals surface area contributed by atoms with Crippen molar-refractivity contribution in [3.63, 3.8) is 0 Å². The third-order valence-corrected chi connectivity index (χ3v) is 7.45. The molecule has 7 heteroatoms. The fraction of sp³-hybridized carbons (Fsp3) is 0.667. The molecule has 31 heavy (non-hydrogen) atoms. The van der Waals surface area contributed by atoms with Crippen molar-refractivity contribution in [1.29, 1.82) is 0 Å². The van der Waals surface area contributed by atoms with Crippen LogP contribution in [-0.4, -0.2) is 63.9 Å². The summed E-state index contributed by atoms with van der Waals surface area (Å²) in [7, 11) is 0. The van der Waals surface area contributed by atoms with Crippen LogP contribution in [0.3, 0.4) is 0 Å². The molecule has 3 fully saturated rings. The van der Waals surface area contributed by atoms with E-state index in [9.17, 15) is 19.8 Å². The molecule has 1 spiro atoms. The van der Waals surface area contributed by atoms with Crippen LogP contribution in [0.1, 0.15) is 67.8 Å². The maximum absolute atomic E-state index is 13.1. The molecule has 1 aliphatic carbocycles. The average Bonchev–Trinajstić information content (AvgIpc) is 3.29. The van der Waals surface area contributed by atoms with E-state index in [-0.39, 0.29) is 17.7 Å². The van der Waals surface area contributed by atoms with Crippen LogP contribution in [0.5, 0.6) is 0 Å². The molecule has 1 saturated carbocycles. The van der Waals surface area contributed by atoms with Gasteiger partial charge in [0.15, 0.2) is 0 Å². The van der Waals surface area contributed by atoms with Crippen LogP contribution in [0, 0.1) is 12.8 Å². The van der Waals surface area contributed by atoms with Gasteiger partial charge >= 0.3 is 0 Å². The fourth-order valence-corrected chi connectivity index (χ4v) is 5.24. The van der Waals surface area contributed by atoms with Crippen molar-refractivity contribution in [3.05, 3.63) is 29.3 Å². The summed E-state index contributed by atoms with van der Waals surface area (Å²) < 4.78 is 5.92. The summed E-state index contributed by atoms with van der Waals surface area (Å²) >= 11 is 0. The monoisotopic (exact) mass is 430 g/mol. The molecule has 3 N–H and O–H groups in total. The number of rotatable bonds is 3. The van der Waals surface area contributed by atoms with E-state index in [4.69, 9.17) is 4.74 Å². The minimum Gasteiger partial charge on any atom is -0.387 e. The number of benzene rings is 1. The first-order chi connectivity index (χ1) is 14.7. The van der Waals surface area contributed by atoms with Crippen LogP contribution < -0.4 is 5.32 Å². The van der Waals surface area contributed by atoms with Gasteiger partial charge in [-0.3, -0.25) is 9.59 Å². The highest BCUT2D eigenvalue weighted by Gasteiger charge is 2.52. The molecule has 0 aromatic heterocycles. The largest absolute Gasteiger partial charge is 0.387 e. The number of anilines is 1. The molecular weight excluding hydrogens is 396 g/mol. The summed E-state index contributed by atoms with van der Waals surface area (Å²) in [6, 6.07) is 5.43. The lowest BCUT2D eigenvalue weighted by atomic mass is 9.75. The number of hydrogen-bond donors (Lipinski definition) is 3. The second-order valence-corrected chi connectivity index (χ2v) is 9.72. The van der Waals surface area contributed by atoms with Crippen molar-refractivity contribution in [2.24, 2.45) is 5.92 Å². The number of aryl methyl sites for hydroxylation is 1. The van der Waals surface area contributed by atoms with E-state index in [1.54, 1.807) is 24.0 Å². The van der Waals surface area contributed by atoms with Gasteiger partial charge in [-0.15, -0.1) is 0 Å². The lowest BCUT2D eigenvalue weighted by Crippen LogP contribution is -2.64. The first-order valence-electron chi connectivity index (χ1n) is 11.5. The number of hydrogen-bond acceptors (Lipinski definition) is 5. The number of ether oxygens (including phenoxy) is 1. The Kier molecular flexibility index (Phi) is 6.12. The summed E-state index contributed by atoms with van der Waals surface area (Å²) in [6.45, 7) is 4.87. The minimum absolute atomic E-state index is 0.0422. The third-order valence-electron chi connectivity index (χ3n) is 7.45. The topological polar surface area (TPSA) is 99.1 Å². The highest BCUT2D eigenvalue weighted by molar-refractivity contribution is 5.98. The van der Waals surface area contributed by atoms with Crippen molar-refractivity contribution in [2.45, 2.75) is 76.1 Å². The summed E-state index contributed by atoms with van der Waals surface area (Å²) in [5.41, 5.74) is 0.195. The molecule has 2 saturated heterocycles. The molecule has 3 aliphatic rings. The van der Waals surface area contributed by atoms with Crippen molar-refractivity contribution in [1.82, 2.24) is 4.90 Å². The number of nitrogens with one attached hydrogen (secondary N) is 1. The smallest absolute Gasteiger partial charge is 0.253 e. The lowest BCUT2D eigenvalue weighted by Gasteiger charge is -2.51. The molecule has 2 heterocycles. The van der Waals surface area contributed by atoms with Gasteiger partial charge in [-0.05, 0) is 57.2 Å². The second kappa shape index (κ2) is 8.52. The van der Waals surface area contributed by atoms with E-state index >= 15 is 0 Å². The van der Waals surface area contributed by atoms with Gasteiger partial charge < -0.3 is 25.2 Å². The normalized spacial score (nSPS) is 28.6. The Morgan fingerprint density at radius 1 is 1.16 bits per heavy atom. The number of aliphatic hydroxyl groups is 2. The summed E-state index contributed by atoms with van der Waals surface area (Å²) in [6.07, 6.45) is 4.44. The molecule has 170 valence electrons. The van der Waals surface area contributed by atoms with Gasteiger partial charge in [0, 0.05) is 36.7 Å². The van der Waals surface area contributed by atoms with E-state index in [0.29, 0.717) is 50.2 Å². The van der Waals surface area contributed by atoms with E-state index in [0.717, 1.165) is 31.2 Å². The van der Waals surface area contributed by atoms with Gasteiger partial charge in [-0.25, -0.2) is 0 Å². The first kappa shape index (κ1) is 22.2. The zero-order valence-corrected chi connectivity index (χ0v) is 18.5. The van der Waals surface area contributed by atoms with E-state index < -0.39 is 17.3 Å². The Morgan fingerprint density at radius 2 is 1.84 bits per heavy atom. The maximum atomic E-state index is 13.1. The van der Waals surface area contributed by atoms with Gasteiger partial charge in [0.25, 0.3) is 5.91 Å². The van der Waals surface area contributed by atoms with Crippen molar-refractivity contribution < 1.29 is 24.5 Å². The molecule has 7 nitrogen and oxygen atoms in total. The van der Waals surface area contributed by atoms with Crippen LogP contribution in [0.25, 0.3) is 0 Å². The van der Waals surface area contributed by atoms with Crippen LogP contribution in [0.4, 0.5) is 5.69 Å². The van der Waals surface area contributed by atoms with Gasteiger partial charge in [0.1, 0.15) is 11.7 Å². The van der Waals surface area contributed by atoms with E-state index in [1.807, 2.05) is 13.0 Å². The zero-order chi connectivity index (χ0) is 22.2. The molecule has 4 rings (SSSR count). The Morgan fingerprint density at radius 3 is 2.52 bits per heavy atom. The molecule has 2 atom stereocenters. The van der Waals surface area contributed by atoms with Gasteiger partial charge in [-0.1, -0.05) is 18.9 Å². The Labute approximate surface area is 183 Å². The third kappa shape index (κ3) is 4.36. The molecule has 1 aromatic carbocycles. The maximum Gasteiger partial charge on any atom is 0.253 e. The SMILES string of the molecule is Cc1ccc(C(=O)N2CCC3(CC2)OCC[C@@](C)(O)[C@@H]3O)cc1NC(=O)C1CCCC1. The predicted molar refractivity (Wildman–Crippen MR) is 117 cm³/mol. The van der Waals surface area contributed by atoms with Crippen LogP contribution in [-0.2, 0) is 9.53 Å². The highest BCUT2D eigenvalue weighted by Crippen LogP contribution is 2.40. The molecule has 0 unspecified atom stereocenters. The van der Waals surface area contributed by atoms with Crippen molar-refractivity contribution in [3.8, 4) is 0 Å². The van der Waals surface area contributed by atoms with Crippen LogP contribution >= 0.6 is 0 Å². The predicted octanol–water partition coefficient (Wildman–Crippen LogP) is 2.63. The highest BCUT2D eigenvalue weighted by atomic mass is 16.5. The van der Waals surface area contributed by atoms with Crippen LogP contribution in [0.2, 0.25) is 0 Å². The summed E-state index contributed by atoms with van der Waals surface area (Å²) in [4.78, 5) is 27.4. The zero-order valence-electron chi connectivity index (χ0n) is 18.5. The molecule has 2 amide bonds. The molecule has 2 aliphatic heterocycles. The van der Waals surface area contributed by atoms with Crippen molar-refractivity contribution in [2.75, 3.05) is 25.0 Å². The average molecular weight is 431 g/mol. The second-order valence-electron chi connectivity index (χ2n) is 9.72. The van der Waals surface area contributed by atoms with Crippen molar-refractivity contribution >= 4 is 17.5 Å². The van der Waals surface area contributed by atoms with Gasteiger partial charge in [-0.2, -0.15) is 0 Å². The first-order valence-corrected chi connectivity index (χ1v) is 11.5. The Balaban J connectivity index is 1.42. The molecular formula is C24H34N2O5. The number of amides is 2. The molecule has 0 radical (unpaired) electrons. The van der Waals surface area contributed by atoms with Crippen LogP contribution in [0.15, 0.2) is 18.2 Å². The number of nitrogens with zero attached hydrogens (tertiary/aromatic N) is 1. The van der Waals surface area contributed by atoms with E-state index in [1.165, 1.54) is 0 Å². The summed E-state index contributed by atoms with van der Waals surface area (Å²) in [5, 5.41) is 24.2.